The van der Waals surface area contributed by atoms with Crippen molar-refractivity contribution < 1.29 is 4.74 Å². The molecule has 3 nitrogen and oxygen atoms in total. The summed E-state index contributed by atoms with van der Waals surface area (Å²) in [5, 5.41) is 7.57. The molecule has 20 heavy (non-hydrogen) atoms. The summed E-state index contributed by atoms with van der Waals surface area (Å²) in [7, 11) is 0. The zero-order valence-corrected chi connectivity index (χ0v) is 12.7. The van der Waals surface area contributed by atoms with Crippen LogP contribution in [-0.2, 0) is 4.74 Å². The summed E-state index contributed by atoms with van der Waals surface area (Å²) >= 11 is 0. The molecule has 1 aliphatic carbocycles. The highest BCUT2D eigenvalue weighted by Gasteiger charge is 2.45. The number of hydrogen-bond acceptors (Lipinski definition) is 3. The Morgan fingerprint density at radius 2 is 1.60 bits per heavy atom. The lowest BCUT2D eigenvalue weighted by molar-refractivity contribution is 0.106. The summed E-state index contributed by atoms with van der Waals surface area (Å²) in [5.41, 5.74) is 0. The predicted molar refractivity (Wildman–Crippen MR) is 80.4 cm³/mol. The van der Waals surface area contributed by atoms with Crippen LogP contribution in [0.25, 0.3) is 0 Å². The van der Waals surface area contributed by atoms with E-state index in [4.69, 9.17) is 4.74 Å². The van der Waals surface area contributed by atoms with Crippen LogP contribution in [0.15, 0.2) is 0 Å². The summed E-state index contributed by atoms with van der Waals surface area (Å²) in [6.07, 6.45) is 10.8. The van der Waals surface area contributed by atoms with Crippen molar-refractivity contribution in [1.29, 1.82) is 0 Å². The second-order valence-electron chi connectivity index (χ2n) is 7.64. The van der Waals surface area contributed by atoms with Gasteiger partial charge in [-0.05, 0) is 49.0 Å². The van der Waals surface area contributed by atoms with E-state index in [0.29, 0.717) is 6.17 Å². The fourth-order valence-corrected chi connectivity index (χ4v) is 5.43. The van der Waals surface area contributed by atoms with Crippen LogP contribution in [0.4, 0.5) is 0 Å². The minimum Gasteiger partial charge on any atom is -0.381 e. The van der Waals surface area contributed by atoms with Gasteiger partial charge in [0.1, 0.15) is 0 Å². The van der Waals surface area contributed by atoms with E-state index in [9.17, 15) is 0 Å². The lowest BCUT2D eigenvalue weighted by Gasteiger charge is -2.40. The topological polar surface area (TPSA) is 33.3 Å². The van der Waals surface area contributed by atoms with Crippen LogP contribution in [0, 0.1) is 29.6 Å². The van der Waals surface area contributed by atoms with Gasteiger partial charge in [0.05, 0.1) is 6.17 Å². The first-order valence-corrected chi connectivity index (χ1v) is 8.96. The van der Waals surface area contributed by atoms with Gasteiger partial charge in [0.15, 0.2) is 0 Å². The molecule has 5 unspecified atom stereocenters. The predicted octanol–water partition coefficient (Wildman–Crippen LogP) is 2.37. The van der Waals surface area contributed by atoms with E-state index < -0.39 is 0 Å². The van der Waals surface area contributed by atoms with Crippen LogP contribution in [0.5, 0.6) is 0 Å². The van der Waals surface area contributed by atoms with Crippen molar-refractivity contribution in [3.8, 4) is 0 Å². The summed E-state index contributed by atoms with van der Waals surface area (Å²) in [6.45, 7) is 4.49. The molecule has 0 radical (unpaired) electrons. The summed E-state index contributed by atoms with van der Waals surface area (Å²) in [6, 6.07) is 0. The first-order valence-electron chi connectivity index (χ1n) is 8.96. The molecule has 4 aliphatic rings. The third-order valence-corrected chi connectivity index (χ3v) is 6.61. The van der Waals surface area contributed by atoms with E-state index in [1.165, 1.54) is 58.0 Å². The third kappa shape index (κ3) is 2.53. The van der Waals surface area contributed by atoms with Crippen LogP contribution < -0.4 is 10.6 Å². The Bertz CT molecular complexity index is 323. The van der Waals surface area contributed by atoms with E-state index in [1.807, 2.05) is 0 Å². The van der Waals surface area contributed by atoms with Gasteiger partial charge in [-0.15, -0.1) is 0 Å². The fourth-order valence-electron chi connectivity index (χ4n) is 5.43. The van der Waals surface area contributed by atoms with Crippen molar-refractivity contribution in [2.75, 3.05) is 26.3 Å². The zero-order valence-electron chi connectivity index (χ0n) is 12.7. The van der Waals surface area contributed by atoms with E-state index in [1.54, 1.807) is 0 Å². The van der Waals surface area contributed by atoms with Gasteiger partial charge in [-0.1, -0.05) is 32.1 Å². The molecule has 3 heteroatoms. The molecule has 5 atom stereocenters. The quantitative estimate of drug-likeness (QED) is 0.813. The Morgan fingerprint density at radius 3 is 2.40 bits per heavy atom. The molecule has 4 rings (SSSR count). The van der Waals surface area contributed by atoms with Crippen molar-refractivity contribution in [2.24, 2.45) is 29.6 Å². The average molecular weight is 278 g/mol. The van der Waals surface area contributed by atoms with Gasteiger partial charge in [-0.2, -0.15) is 0 Å². The fraction of sp³-hybridized carbons (Fsp3) is 1.00. The van der Waals surface area contributed by atoms with Crippen LogP contribution in [-0.4, -0.2) is 32.5 Å². The molecule has 0 spiro atoms. The molecule has 3 heterocycles. The number of hydrogen-bond donors (Lipinski definition) is 2. The van der Waals surface area contributed by atoms with Gasteiger partial charge in [0.25, 0.3) is 0 Å². The van der Waals surface area contributed by atoms with Crippen molar-refractivity contribution in [3.05, 3.63) is 0 Å². The highest BCUT2D eigenvalue weighted by atomic mass is 16.5. The first-order chi connectivity index (χ1) is 9.92. The van der Waals surface area contributed by atoms with Gasteiger partial charge >= 0.3 is 0 Å². The smallest absolute Gasteiger partial charge is 0.0604 e. The summed E-state index contributed by atoms with van der Waals surface area (Å²) < 4.78 is 5.64. The molecule has 2 N–H and O–H groups in total. The number of piperidine rings is 1. The van der Waals surface area contributed by atoms with E-state index in [-0.39, 0.29) is 0 Å². The van der Waals surface area contributed by atoms with Gasteiger partial charge in [-0.25, -0.2) is 0 Å². The summed E-state index contributed by atoms with van der Waals surface area (Å²) in [5.74, 6) is 4.51. The maximum Gasteiger partial charge on any atom is 0.0604 e. The van der Waals surface area contributed by atoms with Crippen molar-refractivity contribution in [3.63, 3.8) is 0 Å². The highest BCUT2D eigenvalue weighted by Crippen LogP contribution is 2.42. The van der Waals surface area contributed by atoms with Crippen LogP contribution >= 0.6 is 0 Å². The third-order valence-electron chi connectivity index (χ3n) is 6.61. The molecule has 0 aromatic heterocycles. The van der Waals surface area contributed by atoms with Crippen LogP contribution in [0.1, 0.15) is 44.9 Å². The lowest BCUT2D eigenvalue weighted by Crippen LogP contribution is -2.51. The maximum absolute atomic E-state index is 5.64. The maximum atomic E-state index is 5.64. The molecule has 4 fully saturated rings. The Morgan fingerprint density at radius 1 is 0.750 bits per heavy atom. The Hall–Kier alpha value is -0.120. The molecule has 1 saturated carbocycles. The highest BCUT2D eigenvalue weighted by molar-refractivity contribution is 4.98. The van der Waals surface area contributed by atoms with Crippen molar-refractivity contribution >= 4 is 0 Å². The normalized spacial score (nSPS) is 46.5. The average Bonchev–Trinajstić information content (AvgIpc) is 3.16. The molecular formula is C17H30N2O. The Labute approximate surface area is 123 Å². The molecule has 3 aliphatic heterocycles. The number of rotatable bonds is 2. The SMILES string of the molecule is C1CCC(C2CNC3NCC(C4CCOC4)C3C2)CC1. The molecule has 3 saturated heterocycles. The Kier molecular flexibility index (Phi) is 4.02. The minimum absolute atomic E-state index is 0.598. The Balaban J connectivity index is 1.41. The largest absolute Gasteiger partial charge is 0.381 e. The van der Waals surface area contributed by atoms with Gasteiger partial charge in [-0.3, -0.25) is 0 Å². The number of fused-ring (bicyclic) bond motifs is 1. The summed E-state index contributed by atoms with van der Waals surface area (Å²) in [4.78, 5) is 0. The second-order valence-corrected chi connectivity index (χ2v) is 7.64. The molecule has 0 amide bonds. The molecule has 114 valence electrons. The van der Waals surface area contributed by atoms with E-state index in [0.717, 1.165) is 42.8 Å². The minimum atomic E-state index is 0.598. The van der Waals surface area contributed by atoms with E-state index >= 15 is 0 Å². The van der Waals surface area contributed by atoms with Crippen molar-refractivity contribution in [1.82, 2.24) is 10.6 Å². The van der Waals surface area contributed by atoms with Gasteiger partial charge in [0.2, 0.25) is 0 Å². The van der Waals surface area contributed by atoms with Gasteiger partial charge < -0.3 is 15.4 Å². The molecular weight excluding hydrogens is 248 g/mol. The molecule has 0 aromatic rings. The van der Waals surface area contributed by atoms with Gasteiger partial charge in [0, 0.05) is 19.8 Å². The van der Waals surface area contributed by atoms with E-state index in [2.05, 4.69) is 10.6 Å². The van der Waals surface area contributed by atoms with Crippen molar-refractivity contribution in [2.45, 2.75) is 51.1 Å². The zero-order chi connectivity index (χ0) is 13.4. The molecule has 0 aromatic carbocycles. The van der Waals surface area contributed by atoms with Crippen LogP contribution in [0.2, 0.25) is 0 Å². The monoisotopic (exact) mass is 278 g/mol. The molecule has 0 bridgehead atoms. The number of nitrogens with one attached hydrogen (secondary N) is 2. The second kappa shape index (κ2) is 5.94. The lowest BCUT2D eigenvalue weighted by atomic mass is 9.70. The standard InChI is InChI=1S/C17H30N2O/c1-2-4-12(5-3-1)14-8-15-16(13-6-7-20-11-13)10-19-17(15)18-9-14/h12-19H,1-11H2. The number of ether oxygens (including phenoxy) is 1. The first kappa shape index (κ1) is 13.5. The van der Waals surface area contributed by atoms with Crippen LogP contribution in [0.3, 0.4) is 0 Å².